The first-order valence-electron chi connectivity index (χ1n) is 11.2. The van der Waals surface area contributed by atoms with Crippen molar-refractivity contribution in [3.63, 3.8) is 0 Å². The van der Waals surface area contributed by atoms with Gasteiger partial charge in [-0.2, -0.15) is 0 Å². The molecule has 9 heteroatoms. The molecule has 0 radical (unpaired) electrons. The molecule has 2 aromatic heterocycles. The number of Topliss-reactive ketones (excluding diaryl/α,β-unsaturated/α-hetero) is 1. The molecule has 0 bridgehead atoms. The van der Waals surface area contributed by atoms with E-state index in [4.69, 9.17) is 4.42 Å². The number of carbonyl (C=O) groups is 2. The number of aromatic amines is 1. The van der Waals surface area contributed by atoms with E-state index in [1.165, 1.54) is 24.6 Å². The van der Waals surface area contributed by atoms with Crippen LogP contribution in [0.3, 0.4) is 0 Å². The van der Waals surface area contributed by atoms with E-state index in [-0.39, 0.29) is 35.4 Å². The molecule has 1 unspecified atom stereocenters. The number of oxazole rings is 1. The number of ketones is 1. The van der Waals surface area contributed by atoms with Crippen molar-refractivity contribution in [2.45, 2.75) is 38.1 Å². The first-order valence-corrected chi connectivity index (χ1v) is 11.2. The maximum Gasteiger partial charge on any atom is 0.263 e. The first kappa shape index (κ1) is 22.8. The Bertz CT molecular complexity index is 1060. The number of imidazole rings is 1. The highest BCUT2D eigenvalue weighted by Crippen LogP contribution is 2.24. The predicted molar refractivity (Wildman–Crippen MR) is 120 cm³/mol. The van der Waals surface area contributed by atoms with Crippen LogP contribution in [0.5, 0.6) is 0 Å². The van der Waals surface area contributed by atoms with Gasteiger partial charge in [0, 0.05) is 19.5 Å². The van der Waals surface area contributed by atoms with E-state index < -0.39 is 0 Å². The number of H-pyrrole nitrogens is 1. The Labute approximate surface area is 191 Å². The van der Waals surface area contributed by atoms with Crippen LogP contribution >= 0.6 is 0 Å². The van der Waals surface area contributed by atoms with E-state index in [0.717, 1.165) is 37.2 Å². The number of likely N-dealkylation sites (tertiary alicyclic amines) is 1. The lowest BCUT2D eigenvalue weighted by molar-refractivity contribution is -0.130. The summed E-state index contributed by atoms with van der Waals surface area (Å²) in [6.45, 7) is 1.50. The number of hydrogen-bond donors (Lipinski definition) is 2. The summed E-state index contributed by atoms with van der Waals surface area (Å²) in [5.41, 5.74) is 1.59. The Kier molecular flexibility index (Phi) is 7.29. The summed E-state index contributed by atoms with van der Waals surface area (Å²) in [5.74, 6) is 0.435. The summed E-state index contributed by atoms with van der Waals surface area (Å²) >= 11 is 0. The van der Waals surface area contributed by atoms with Gasteiger partial charge in [0.25, 0.3) is 5.89 Å². The van der Waals surface area contributed by atoms with E-state index in [1.807, 2.05) is 7.05 Å². The fraction of sp³-hybridized carbons (Fsp3) is 0.417. The average molecular weight is 454 g/mol. The first-order chi connectivity index (χ1) is 16.0. The highest BCUT2D eigenvalue weighted by molar-refractivity contribution is 5.91. The summed E-state index contributed by atoms with van der Waals surface area (Å²) in [6, 6.07) is 5.92. The van der Waals surface area contributed by atoms with Crippen LogP contribution in [0, 0.1) is 11.7 Å². The summed E-state index contributed by atoms with van der Waals surface area (Å²) in [4.78, 5) is 38.5. The third-order valence-electron chi connectivity index (χ3n) is 5.90. The Hall–Kier alpha value is -3.33. The van der Waals surface area contributed by atoms with Crippen LogP contribution in [0.25, 0.3) is 11.3 Å². The lowest BCUT2D eigenvalue weighted by Crippen LogP contribution is -2.52. The van der Waals surface area contributed by atoms with Crippen molar-refractivity contribution >= 4 is 11.7 Å². The molecule has 2 N–H and O–H groups in total. The largest absolute Gasteiger partial charge is 0.442 e. The zero-order valence-electron chi connectivity index (χ0n) is 18.6. The molecule has 0 spiro atoms. The molecule has 3 heterocycles. The third kappa shape index (κ3) is 5.92. The van der Waals surface area contributed by atoms with Gasteiger partial charge in [0.2, 0.25) is 11.7 Å². The molecule has 1 amide bonds. The number of nitrogens with one attached hydrogen (secondary N) is 2. The van der Waals surface area contributed by atoms with Crippen LogP contribution in [-0.4, -0.2) is 51.7 Å². The van der Waals surface area contributed by atoms with Crippen LogP contribution < -0.4 is 5.32 Å². The monoisotopic (exact) mass is 453 g/mol. The minimum atomic E-state index is -0.296. The van der Waals surface area contributed by atoms with Gasteiger partial charge in [-0.15, -0.1) is 0 Å². The molecule has 1 aromatic carbocycles. The van der Waals surface area contributed by atoms with Crippen molar-refractivity contribution in [1.82, 2.24) is 25.2 Å². The molecule has 8 nitrogen and oxygen atoms in total. The van der Waals surface area contributed by atoms with Gasteiger partial charge in [-0.05, 0) is 49.7 Å². The van der Waals surface area contributed by atoms with Crippen LogP contribution in [0.2, 0.25) is 0 Å². The predicted octanol–water partition coefficient (Wildman–Crippen LogP) is 3.76. The number of halogens is 1. The number of benzene rings is 1. The molecule has 1 aliphatic rings. The SMILES string of the molecule is CN1CC(C(=O)NC(CCCCCC(=O)c2ncco2)c2ncc(-c3ccc(F)cc3)[nH]2)C1. The Morgan fingerprint density at radius 3 is 2.70 bits per heavy atom. The van der Waals surface area contributed by atoms with Gasteiger partial charge >= 0.3 is 0 Å². The molecule has 0 aliphatic carbocycles. The van der Waals surface area contributed by atoms with E-state index in [0.29, 0.717) is 25.1 Å². The summed E-state index contributed by atoms with van der Waals surface area (Å²) < 4.78 is 18.3. The minimum Gasteiger partial charge on any atom is -0.442 e. The lowest BCUT2D eigenvalue weighted by atomic mass is 9.98. The van der Waals surface area contributed by atoms with E-state index in [9.17, 15) is 14.0 Å². The second kappa shape index (κ2) is 10.5. The van der Waals surface area contributed by atoms with Crippen molar-refractivity contribution in [2.24, 2.45) is 5.92 Å². The lowest BCUT2D eigenvalue weighted by Gasteiger charge is -2.35. The number of hydrogen-bond acceptors (Lipinski definition) is 6. The quantitative estimate of drug-likeness (QED) is 0.338. The minimum absolute atomic E-state index is 0.0116. The summed E-state index contributed by atoms with van der Waals surface area (Å²) in [5, 5.41) is 3.14. The van der Waals surface area contributed by atoms with E-state index in [2.05, 4.69) is 25.2 Å². The Morgan fingerprint density at radius 1 is 1.21 bits per heavy atom. The maximum absolute atomic E-state index is 13.2. The number of aromatic nitrogens is 3. The Balaban J connectivity index is 1.35. The molecule has 174 valence electrons. The molecule has 3 aromatic rings. The highest BCUT2D eigenvalue weighted by atomic mass is 19.1. The highest BCUT2D eigenvalue weighted by Gasteiger charge is 2.31. The maximum atomic E-state index is 13.2. The van der Waals surface area contributed by atoms with Crippen LogP contribution in [0.1, 0.15) is 54.7 Å². The molecule has 1 saturated heterocycles. The number of carbonyl (C=O) groups excluding carboxylic acids is 2. The van der Waals surface area contributed by atoms with Crippen molar-refractivity contribution in [3.05, 3.63) is 60.5 Å². The van der Waals surface area contributed by atoms with Crippen molar-refractivity contribution in [3.8, 4) is 11.3 Å². The smallest absolute Gasteiger partial charge is 0.263 e. The van der Waals surface area contributed by atoms with Gasteiger partial charge in [-0.3, -0.25) is 9.59 Å². The number of unbranched alkanes of at least 4 members (excludes halogenated alkanes) is 2. The molecular formula is C24H28FN5O3. The standard InChI is InChI=1S/C24H28FN5O3/c1-30-14-17(15-30)23(32)29-19(5-3-2-4-6-21(31)24-26-11-12-33-24)22-27-13-20(28-22)16-7-9-18(25)10-8-16/h7-13,17,19H,2-6,14-15H2,1H3,(H,27,28)(H,29,32). The van der Waals surface area contributed by atoms with Gasteiger partial charge in [-0.25, -0.2) is 14.4 Å². The summed E-state index contributed by atoms with van der Waals surface area (Å²) in [7, 11) is 1.99. The molecule has 4 rings (SSSR count). The zero-order chi connectivity index (χ0) is 23.2. The zero-order valence-corrected chi connectivity index (χ0v) is 18.6. The normalized spacial score (nSPS) is 15.2. The van der Waals surface area contributed by atoms with Crippen molar-refractivity contribution in [2.75, 3.05) is 20.1 Å². The third-order valence-corrected chi connectivity index (χ3v) is 5.90. The number of nitrogens with zero attached hydrogens (tertiary/aromatic N) is 3. The fourth-order valence-electron chi connectivity index (χ4n) is 4.00. The summed E-state index contributed by atoms with van der Waals surface area (Å²) in [6.07, 6.45) is 7.99. The topological polar surface area (TPSA) is 104 Å². The molecule has 1 fully saturated rings. The van der Waals surface area contributed by atoms with Gasteiger partial charge in [0.05, 0.1) is 30.0 Å². The molecule has 1 atom stereocenters. The average Bonchev–Trinajstić information content (AvgIpc) is 3.49. The molecule has 0 saturated carbocycles. The van der Waals surface area contributed by atoms with Crippen molar-refractivity contribution in [1.29, 1.82) is 0 Å². The number of amides is 1. The van der Waals surface area contributed by atoms with E-state index >= 15 is 0 Å². The van der Waals surface area contributed by atoms with Crippen molar-refractivity contribution < 1.29 is 18.4 Å². The van der Waals surface area contributed by atoms with Gasteiger partial charge < -0.3 is 19.6 Å². The second-order valence-corrected chi connectivity index (χ2v) is 8.53. The van der Waals surface area contributed by atoms with Crippen LogP contribution in [0.15, 0.2) is 47.3 Å². The fourth-order valence-corrected chi connectivity index (χ4v) is 4.00. The molecule has 33 heavy (non-hydrogen) atoms. The molecule has 1 aliphatic heterocycles. The van der Waals surface area contributed by atoms with Gasteiger partial charge in [0.1, 0.15) is 17.9 Å². The van der Waals surface area contributed by atoms with Crippen LogP contribution in [0.4, 0.5) is 4.39 Å². The number of rotatable bonds is 11. The van der Waals surface area contributed by atoms with E-state index in [1.54, 1.807) is 18.3 Å². The second-order valence-electron chi connectivity index (χ2n) is 8.53. The van der Waals surface area contributed by atoms with Crippen LogP contribution in [-0.2, 0) is 4.79 Å². The van der Waals surface area contributed by atoms with Gasteiger partial charge in [-0.1, -0.05) is 12.8 Å². The molecular weight excluding hydrogens is 425 g/mol. The Morgan fingerprint density at radius 2 is 2.00 bits per heavy atom. The van der Waals surface area contributed by atoms with Gasteiger partial charge in [0.15, 0.2) is 0 Å².